The third-order valence-electron chi connectivity index (χ3n) is 3.17. The predicted octanol–water partition coefficient (Wildman–Crippen LogP) is 0.674. The number of para-hydroxylation sites is 1. The summed E-state index contributed by atoms with van der Waals surface area (Å²) in [7, 11) is 0. The van der Waals surface area contributed by atoms with Crippen LogP contribution in [-0.2, 0) is 0 Å². The number of H-pyrrole nitrogens is 1. The van der Waals surface area contributed by atoms with Gasteiger partial charge in [0.25, 0.3) is 5.91 Å². The first-order valence-electron chi connectivity index (χ1n) is 6.18. The van der Waals surface area contributed by atoms with Crippen LogP contribution in [0.5, 0.6) is 0 Å². The Labute approximate surface area is 114 Å². The fraction of sp³-hybridized carbons (Fsp3) is 0.154. The molecule has 20 heavy (non-hydrogen) atoms. The zero-order chi connectivity index (χ0) is 14.1. The molecular weight excluding hydrogens is 258 g/mol. The summed E-state index contributed by atoms with van der Waals surface area (Å²) in [6, 6.07) is 6.83. The lowest BCUT2D eigenvalue weighted by atomic mass is 10.0. The number of hydrogen-bond donors (Lipinski definition) is 4. The van der Waals surface area contributed by atoms with Crippen LogP contribution < -0.4 is 16.5 Å². The Balaban J connectivity index is 2.21. The van der Waals surface area contributed by atoms with E-state index in [1.54, 1.807) is 0 Å². The van der Waals surface area contributed by atoms with E-state index in [2.05, 4.69) is 20.8 Å². The van der Waals surface area contributed by atoms with Crippen LogP contribution in [0.25, 0.3) is 10.9 Å². The fourth-order valence-corrected chi connectivity index (χ4v) is 2.35. The van der Waals surface area contributed by atoms with Crippen molar-refractivity contribution in [2.45, 2.75) is 6.42 Å². The molecule has 0 bridgehead atoms. The summed E-state index contributed by atoms with van der Waals surface area (Å²) < 4.78 is 0. The van der Waals surface area contributed by atoms with Crippen molar-refractivity contribution in [3.05, 3.63) is 35.5 Å². The molecular formula is C13H13N5O2. The van der Waals surface area contributed by atoms with Crippen molar-refractivity contribution in [2.24, 2.45) is 10.8 Å². The van der Waals surface area contributed by atoms with E-state index in [0.29, 0.717) is 29.9 Å². The minimum atomic E-state index is -0.734. The number of primary amides is 1. The standard InChI is InChI=1S/C13H13N5O2/c14-13(20)18-17-9-5-6-15-12(19)11-10(9)7-3-1-2-4-8(7)16-11/h1-4,16H,5-6H2,(H,15,19)(H3,14,18,20). The van der Waals surface area contributed by atoms with Crippen LogP contribution in [0, 0.1) is 0 Å². The first-order chi connectivity index (χ1) is 9.66. The molecule has 102 valence electrons. The van der Waals surface area contributed by atoms with Gasteiger partial charge in [-0.1, -0.05) is 18.2 Å². The number of benzene rings is 1. The average molecular weight is 271 g/mol. The molecule has 0 unspecified atom stereocenters. The third-order valence-corrected chi connectivity index (χ3v) is 3.17. The number of nitrogens with one attached hydrogen (secondary N) is 3. The number of nitrogens with two attached hydrogens (primary N) is 1. The molecule has 0 saturated carbocycles. The second-order valence-corrected chi connectivity index (χ2v) is 4.46. The lowest BCUT2D eigenvalue weighted by Gasteiger charge is -2.03. The molecule has 1 aliphatic rings. The first-order valence-corrected chi connectivity index (χ1v) is 6.18. The number of carbonyl (C=O) groups is 2. The number of hydrogen-bond acceptors (Lipinski definition) is 3. The maximum atomic E-state index is 12.0. The van der Waals surface area contributed by atoms with Crippen LogP contribution in [-0.4, -0.2) is 29.2 Å². The molecule has 7 heteroatoms. The zero-order valence-corrected chi connectivity index (χ0v) is 10.6. The molecule has 0 atom stereocenters. The van der Waals surface area contributed by atoms with E-state index in [9.17, 15) is 9.59 Å². The Kier molecular flexibility index (Phi) is 2.86. The predicted molar refractivity (Wildman–Crippen MR) is 74.5 cm³/mol. The molecule has 5 N–H and O–H groups in total. The molecule has 1 aromatic heterocycles. The van der Waals surface area contributed by atoms with E-state index in [4.69, 9.17) is 5.73 Å². The Bertz CT molecular complexity index is 731. The van der Waals surface area contributed by atoms with Crippen molar-refractivity contribution in [1.29, 1.82) is 0 Å². The quantitative estimate of drug-likeness (QED) is 0.571. The number of aromatic nitrogens is 1. The molecule has 3 amide bonds. The SMILES string of the molecule is NC(=O)NN=C1CCNC(=O)c2[nH]c3ccccc3c21. The van der Waals surface area contributed by atoms with Gasteiger partial charge in [0.1, 0.15) is 5.69 Å². The highest BCUT2D eigenvalue weighted by Crippen LogP contribution is 2.25. The Hall–Kier alpha value is -2.83. The van der Waals surface area contributed by atoms with Gasteiger partial charge < -0.3 is 16.0 Å². The van der Waals surface area contributed by atoms with Gasteiger partial charge in [-0.25, -0.2) is 10.2 Å². The maximum Gasteiger partial charge on any atom is 0.332 e. The van der Waals surface area contributed by atoms with E-state index in [1.807, 2.05) is 24.3 Å². The van der Waals surface area contributed by atoms with Crippen molar-refractivity contribution in [1.82, 2.24) is 15.7 Å². The highest BCUT2D eigenvalue weighted by Gasteiger charge is 2.24. The molecule has 2 heterocycles. The van der Waals surface area contributed by atoms with Crippen molar-refractivity contribution < 1.29 is 9.59 Å². The van der Waals surface area contributed by atoms with Gasteiger partial charge in [-0.3, -0.25) is 4.79 Å². The van der Waals surface area contributed by atoms with Crippen molar-refractivity contribution in [2.75, 3.05) is 6.54 Å². The number of amides is 3. The second kappa shape index (κ2) is 4.69. The minimum Gasteiger partial charge on any atom is -0.350 e. The van der Waals surface area contributed by atoms with E-state index in [0.717, 1.165) is 10.9 Å². The summed E-state index contributed by atoms with van der Waals surface area (Å²) >= 11 is 0. The number of hydrazone groups is 1. The Morgan fingerprint density at radius 2 is 2.15 bits per heavy atom. The molecule has 0 spiro atoms. The normalized spacial score (nSPS) is 16.6. The van der Waals surface area contributed by atoms with Crippen molar-refractivity contribution in [3.8, 4) is 0 Å². The van der Waals surface area contributed by atoms with Gasteiger partial charge in [0.05, 0.1) is 5.71 Å². The van der Waals surface area contributed by atoms with Crippen molar-refractivity contribution in [3.63, 3.8) is 0 Å². The average Bonchev–Trinajstić information content (AvgIpc) is 2.74. The topological polar surface area (TPSA) is 112 Å². The number of urea groups is 1. The largest absolute Gasteiger partial charge is 0.350 e. The monoisotopic (exact) mass is 271 g/mol. The summed E-state index contributed by atoms with van der Waals surface area (Å²) in [5.41, 5.74) is 9.90. The highest BCUT2D eigenvalue weighted by atomic mass is 16.2. The summed E-state index contributed by atoms with van der Waals surface area (Å²) in [5, 5.41) is 7.70. The molecule has 0 radical (unpaired) electrons. The molecule has 1 aliphatic heterocycles. The molecule has 2 aromatic rings. The summed E-state index contributed by atoms with van der Waals surface area (Å²) in [6.07, 6.45) is 0.515. The van der Waals surface area contributed by atoms with Crippen LogP contribution in [0.2, 0.25) is 0 Å². The van der Waals surface area contributed by atoms with Crippen LogP contribution in [0.1, 0.15) is 22.5 Å². The van der Waals surface area contributed by atoms with E-state index >= 15 is 0 Å². The molecule has 1 aromatic carbocycles. The van der Waals surface area contributed by atoms with E-state index < -0.39 is 6.03 Å². The molecule has 0 aliphatic carbocycles. The smallest absolute Gasteiger partial charge is 0.332 e. The van der Waals surface area contributed by atoms with Crippen LogP contribution in [0.4, 0.5) is 4.79 Å². The van der Waals surface area contributed by atoms with Gasteiger partial charge in [0, 0.05) is 29.4 Å². The molecule has 7 nitrogen and oxygen atoms in total. The Morgan fingerprint density at radius 1 is 1.35 bits per heavy atom. The summed E-state index contributed by atoms with van der Waals surface area (Å²) in [5.74, 6) is -0.180. The summed E-state index contributed by atoms with van der Waals surface area (Å²) in [4.78, 5) is 26.0. The summed E-state index contributed by atoms with van der Waals surface area (Å²) in [6.45, 7) is 0.453. The number of fused-ring (bicyclic) bond motifs is 3. The lowest BCUT2D eigenvalue weighted by Crippen LogP contribution is -2.26. The Morgan fingerprint density at radius 3 is 2.95 bits per heavy atom. The highest BCUT2D eigenvalue weighted by molar-refractivity contribution is 6.19. The second-order valence-electron chi connectivity index (χ2n) is 4.46. The fourth-order valence-electron chi connectivity index (χ4n) is 2.35. The number of rotatable bonds is 1. The van der Waals surface area contributed by atoms with E-state index in [-0.39, 0.29) is 5.91 Å². The molecule has 3 rings (SSSR count). The van der Waals surface area contributed by atoms with E-state index in [1.165, 1.54) is 0 Å². The number of aromatic amines is 1. The van der Waals surface area contributed by atoms with Crippen LogP contribution in [0.15, 0.2) is 29.4 Å². The van der Waals surface area contributed by atoms with Crippen LogP contribution >= 0.6 is 0 Å². The van der Waals surface area contributed by atoms with Gasteiger partial charge >= 0.3 is 6.03 Å². The zero-order valence-electron chi connectivity index (χ0n) is 10.6. The molecule has 0 fully saturated rings. The number of nitrogens with zero attached hydrogens (tertiary/aromatic N) is 1. The van der Waals surface area contributed by atoms with Gasteiger partial charge in [-0.05, 0) is 6.07 Å². The molecule has 0 saturated heterocycles. The third kappa shape index (κ3) is 1.99. The van der Waals surface area contributed by atoms with Gasteiger partial charge in [0.15, 0.2) is 0 Å². The first kappa shape index (κ1) is 12.2. The van der Waals surface area contributed by atoms with Gasteiger partial charge in [-0.2, -0.15) is 5.10 Å². The minimum absolute atomic E-state index is 0.180. The number of carbonyl (C=O) groups excluding carboxylic acids is 2. The van der Waals surface area contributed by atoms with Crippen molar-refractivity contribution >= 4 is 28.6 Å². The van der Waals surface area contributed by atoms with Gasteiger partial charge in [-0.15, -0.1) is 0 Å². The van der Waals surface area contributed by atoms with Gasteiger partial charge in [0.2, 0.25) is 0 Å². The van der Waals surface area contributed by atoms with Crippen LogP contribution in [0.3, 0.4) is 0 Å². The maximum absolute atomic E-state index is 12.0. The lowest BCUT2D eigenvalue weighted by molar-refractivity contribution is 0.0952.